The Morgan fingerprint density at radius 1 is 1.53 bits per heavy atom. The predicted octanol–water partition coefficient (Wildman–Crippen LogP) is 0.921. The Labute approximate surface area is 116 Å². The Kier molecular flexibility index (Phi) is 3.47. The molecule has 1 N–H and O–H groups in total. The molecule has 0 aromatic carbocycles. The number of imide groups is 1. The van der Waals surface area contributed by atoms with Crippen molar-refractivity contribution in [1.82, 2.24) is 9.88 Å². The van der Waals surface area contributed by atoms with Crippen LogP contribution < -0.4 is 5.32 Å². The lowest BCUT2D eigenvalue weighted by Crippen LogP contribution is -2.32. The van der Waals surface area contributed by atoms with Crippen molar-refractivity contribution in [2.45, 2.75) is 12.5 Å². The van der Waals surface area contributed by atoms with Gasteiger partial charge >= 0.3 is 5.69 Å². The summed E-state index contributed by atoms with van der Waals surface area (Å²) in [5, 5.41) is 13.6. The molecule has 2 heterocycles. The highest BCUT2D eigenvalue weighted by atomic mass is 79.9. The lowest BCUT2D eigenvalue weighted by Gasteiger charge is -2.13. The summed E-state index contributed by atoms with van der Waals surface area (Å²) < 4.78 is 0.358. The Morgan fingerprint density at radius 2 is 2.21 bits per heavy atom. The number of likely N-dealkylation sites (tertiary alicyclic amines) is 1. The smallest absolute Gasteiger partial charge is 0.311 e. The van der Waals surface area contributed by atoms with Gasteiger partial charge in [0.25, 0.3) is 5.91 Å². The van der Waals surface area contributed by atoms with Gasteiger partial charge in [0, 0.05) is 13.2 Å². The van der Waals surface area contributed by atoms with Crippen LogP contribution >= 0.6 is 15.9 Å². The van der Waals surface area contributed by atoms with Crippen LogP contribution in [0.5, 0.6) is 0 Å². The molecular weight excluding hydrogens is 320 g/mol. The minimum absolute atomic E-state index is 0.0265. The fourth-order valence-corrected chi connectivity index (χ4v) is 2.18. The van der Waals surface area contributed by atoms with Gasteiger partial charge < -0.3 is 5.32 Å². The third-order valence-electron chi connectivity index (χ3n) is 2.78. The zero-order valence-corrected chi connectivity index (χ0v) is 11.4. The topological polar surface area (TPSA) is 105 Å². The van der Waals surface area contributed by atoms with Crippen LogP contribution in [0.4, 0.5) is 11.4 Å². The van der Waals surface area contributed by atoms with E-state index in [0.29, 0.717) is 4.47 Å². The van der Waals surface area contributed by atoms with Gasteiger partial charge in [0.15, 0.2) is 0 Å². The van der Waals surface area contributed by atoms with Crippen LogP contribution in [-0.2, 0) is 9.59 Å². The van der Waals surface area contributed by atoms with Gasteiger partial charge in [-0.1, -0.05) is 0 Å². The molecule has 2 rings (SSSR count). The van der Waals surface area contributed by atoms with Crippen LogP contribution in [0.25, 0.3) is 0 Å². The van der Waals surface area contributed by atoms with Crippen molar-refractivity contribution in [1.29, 1.82) is 0 Å². The average molecular weight is 329 g/mol. The number of anilines is 1. The second kappa shape index (κ2) is 4.92. The van der Waals surface area contributed by atoms with E-state index < -0.39 is 16.9 Å². The van der Waals surface area contributed by atoms with Crippen molar-refractivity contribution in [2.24, 2.45) is 0 Å². The van der Waals surface area contributed by atoms with E-state index in [9.17, 15) is 19.7 Å². The average Bonchev–Trinajstić information content (AvgIpc) is 2.59. The van der Waals surface area contributed by atoms with Crippen molar-refractivity contribution in [3.05, 3.63) is 27.0 Å². The minimum atomic E-state index is -0.796. The molecule has 2 amide bonds. The van der Waals surface area contributed by atoms with Crippen LogP contribution in [0.1, 0.15) is 6.42 Å². The summed E-state index contributed by atoms with van der Waals surface area (Å²) in [5.41, 5.74) is -0.120. The Balaban J connectivity index is 2.32. The standard InChI is InChI=1S/C10H9BrN4O4/c1-14-8(16)2-6(10(14)17)13-9-5(11)3-12-4-7(9)15(18)19/h3-4,6H,2H2,1H3,(H,12,13). The number of nitrogens with zero attached hydrogens (tertiary/aromatic N) is 3. The Bertz CT molecular complexity index is 577. The van der Waals surface area contributed by atoms with E-state index >= 15 is 0 Å². The molecule has 1 saturated heterocycles. The molecule has 19 heavy (non-hydrogen) atoms. The van der Waals surface area contributed by atoms with Gasteiger partial charge in [-0.3, -0.25) is 29.6 Å². The molecule has 1 aromatic rings. The van der Waals surface area contributed by atoms with E-state index in [1.165, 1.54) is 13.2 Å². The number of halogens is 1. The monoisotopic (exact) mass is 328 g/mol. The summed E-state index contributed by atoms with van der Waals surface area (Å²) in [4.78, 5) is 38.1. The second-order valence-electron chi connectivity index (χ2n) is 3.96. The lowest BCUT2D eigenvalue weighted by atomic mass is 10.2. The first-order chi connectivity index (χ1) is 8.91. The van der Waals surface area contributed by atoms with Crippen LogP contribution in [0, 0.1) is 10.1 Å². The minimum Gasteiger partial charge on any atom is -0.367 e. The number of nitrogens with one attached hydrogen (secondary N) is 1. The second-order valence-corrected chi connectivity index (χ2v) is 4.82. The van der Waals surface area contributed by atoms with Crippen molar-refractivity contribution in [3.8, 4) is 0 Å². The number of carbonyl (C=O) groups is 2. The maximum Gasteiger partial charge on any atom is 0.311 e. The van der Waals surface area contributed by atoms with Gasteiger partial charge in [-0.15, -0.1) is 0 Å². The molecule has 0 saturated carbocycles. The first kappa shape index (κ1) is 13.4. The van der Waals surface area contributed by atoms with Gasteiger partial charge in [0.05, 0.1) is 15.8 Å². The van der Waals surface area contributed by atoms with E-state index in [-0.39, 0.29) is 23.7 Å². The molecular formula is C10H9BrN4O4. The zero-order valence-electron chi connectivity index (χ0n) is 9.79. The van der Waals surface area contributed by atoms with Crippen molar-refractivity contribution < 1.29 is 14.5 Å². The third kappa shape index (κ3) is 2.41. The summed E-state index contributed by atoms with van der Waals surface area (Å²) in [6, 6.07) is -0.796. The Hall–Kier alpha value is -2.03. The first-order valence-electron chi connectivity index (χ1n) is 5.26. The number of rotatable bonds is 3. The van der Waals surface area contributed by atoms with Crippen LogP contribution in [0.3, 0.4) is 0 Å². The van der Waals surface area contributed by atoms with Crippen molar-refractivity contribution in [2.75, 3.05) is 12.4 Å². The van der Waals surface area contributed by atoms with E-state index in [1.807, 2.05) is 0 Å². The number of carbonyl (C=O) groups excluding carboxylic acids is 2. The summed E-state index contributed by atoms with van der Waals surface area (Å²) in [5.74, 6) is -0.738. The maximum absolute atomic E-state index is 11.8. The molecule has 1 aliphatic heterocycles. The van der Waals surface area contributed by atoms with E-state index in [2.05, 4.69) is 26.2 Å². The summed E-state index contributed by atoms with van der Waals surface area (Å²) in [6.07, 6.45) is 2.43. The van der Waals surface area contributed by atoms with Crippen molar-refractivity contribution >= 4 is 39.1 Å². The quantitative estimate of drug-likeness (QED) is 0.502. The molecule has 9 heteroatoms. The zero-order chi connectivity index (χ0) is 14.2. The molecule has 1 atom stereocenters. The van der Waals surface area contributed by atoms with E-state index in [1.54, 1.807) is 0 Å². The molecule has 0 radical (unpaired) electrons. The van der Waals surface area contributed by atoms with Crippen molar-refractivity contribution in [3.63, 3.8) is 0 Å². The van der Waals surface area contributed by atoms with Gasteiger partial charge in [-0.05, 0) is 15.9 Å². The number of hydrogen-bond donors (Lipinski definition) is 1. The summed E-state index contributed by atoms with van der Waals surface area (Å²) in [6.45, 7) is 0. The Morgan fingerprint density at radius 3 is 2.74 bits per heavy atom. The normalized spacial score (nSPS) is 18.8. The number of likely N-dealkylation sites (N-methyl/N-ethyl adjacent to an activating group) is 1. The van der Waals surface area contributed by atoms with Gasteiger partial charge in [-0.2, -0.15) is 0 Å². The van der Waals surface area contributed by atoms with Crippen LogP contribution in [0.2, 0.25) is 0 Å². The third-order valence-corrected chi connectivity index (χ3v) is 3.38. The summed E-state index contributed by atoms with van der Waals surface area (Å²) in [7, 11) is 1.38. The molecule has 1 aromatic heterocycles. The maximum atomic E-state index is 11.8. The predicted molar refractivity (Wildman–Crippen MR) is 68.4 cm³/mol. The number of aromatic nitrogens is 1. The summed E-state index contributed by atoms with van der Waals surface area (Å²) >= 11 is 3.13. The van der Waals surface area contributed by atoms with Crippen LogP contribution in [-0.4, -0.2) is 39.7 Å². The van der Waals surface area contributed by atoms with Gasteiger partial charge in [-0.25, -0.2) is 0 Å². The SMILES string of the molecule is CN1C(=O)CC(Nc2c(Br)cncc2[N+](=O)[O-])C1=O. The molecule has 1 fully saturated rings. The molecule has 1 unspecified atom stereocenters. The number of amides is 2. The number of pyridine rings is 1. The van der Waals surface area contributed by atoms with Crippen LogP contribution in [0.15, 0.2) is 16.9 Å². The van der Waals surface area contributed by atoms with E-state index in [0.717, 1.165) is 11.1 Å². The van der Waals surface area contributed by atoms with E-state index in [4.69, 9.17) is 0 Å². The first-order valence-corrected chi connectivity index (χ1v) is 6.06. The molecule has 100 valence electrons. The fourth-order valence-electron chi connectivity index (χ4n) is 1.75. The highest BCUT2D eigenvalue weighted by molar-refractivity contribution is 9.10. The molecule has 0 spiro atoms. The largest absolute Gasteiger partial charge is 0.367 e. The number of hydrogen-bond acceptors (Lipinski definition) is 6. The highest BCUT2D eigenvalue weighted by Crippen LogP contribution is 2.32. The lowest BCUT2D eigenvalue weighted by molar-refractivity contribution is -0.384. The highest BCUT2D eigenvalue weighted by Gasteiger charge is 2.37. The number of nitro groups is 1. The van der Waals surface area contributed by atoms with Gasteiger partial charge in [0.1, 0.15) is 17.9 Å². The fraction of sp³-hybridized carbons (Fsp3) is 0.300. The molecule has 8 nitrogen and oxygen atoms in total. The molecule has 1 aliphatic rings. The molecule has 0 aliphatic carbocycles. The molecule has 0 bridgehead atoms. The van der Waals surface area contributed by atoms with Gasteiger partial charge in [0.2, 0.25) is 5.91 Å².